The van der Waals surface area contributed by atoms with Crippen LogP contribution in [0.2, 0.25) is 0 Å². The van der Waals surface area contributed by atoms with Gasteiger partial charge in [-0.3, -0.25) is 4.79 Å². The van der Waals surface area contributed by atoms with Gasteiger partial charge in [0.2, 0.25) is 0 Å². The predicted octanol–water partition coefficient (Wildman–Crippen LogP) is 2.55. The molecule has 1 aliphatic rings. The Hall–Kier alpha value is -1.94. The van der Waals surface area contributed by atoms with Gasteiger partial charge in [-0.25, -0.2) is 8.42 Å². The number of sulfone groups is 1. The molecule has 108 valence electrons. The molecule has 0 saturated carbocycles. The number of carbonyl (C=O) groups excluding carboxylic acids is 1. The summed E-state index contributed by atoms with van der Waals surface area (Å²) in [5, 5.41) is 0. The molecule has 0 N–H and O–H groups in total. The summed E-state index contributed by atoms with van der Waals surface area (Å²) < 4.78 is 24.4. The van der Waals surface area contributed by atoms with Gasteiger partial charge in [0.1, 0.15) is 5.78 Å². The van der Waals surface area contributed by atoms with Gasteiger partial charge in [-0.05, 0) is 11.1 Å². The first-order chi connectivity index (χ1) is 10.1. The Bertz CT molecular complexity index is 679. The van der Waals surface area contributed by atoms with Gasteiger partial charge in [-0.15, -0.1) is 0 Å². The Morgan fingerprint density at radius 3 is 1.48 bits per heavy atom. The lowest BCUT2D eigenvalue weighted by Crippen LogP contribution is -2.37. The van der Waals surface area contributed by atoms with Crippen LogP contribution in [-0.4, -0.2) is 25.7 Å². The van der Waals surface area contributed by atoms with E-state index < -0.39 is 21.7 Å². The number of rotatable bonds is 2. The van der Waals surface area contributed by atoms with Gasteiger partial charge in [0.15, 0.2) is 9.84 Å². The maximum atomic E-state index is 12.7. The van der Waals surface area contributed by atoms with E-state index in [1.54, 1.807) is 0 Å². The highest BCUT2D eigenvalue weighted by Gasteiger charge is 2.40. The van der Waals surface area contributed by atoms with Gasteiger partial charge in [0.25, 0.3) is 0 Å². The summed E-state index contributed by atoms with van der Waals surface area (Å²) in [6.07, 6.45) is 0. The van der Waals surface area contributed by atoms with E-state index in [4.69, 9.17) is 0 Å². The molecule has 0 bridgehead atoms. The van der Waals surface area contributed by atoms with Gasteiger partial charge in [0, 0.05) is 0 Å². The van der Waals surface area contributed by atoms with Crippen LogP contribution >= 0.6 is 0 Å². The first-order valence-corrected chi connectivity index (χ1v) is 8.73. The minimum absolute atomic E-state index is 0.00206. The number of hydrogen-bond donors (Lipinski definition) is 0. The van der Waals surface area contributed by atoms with E-state index in [2.05, 4.69) is 0 Å². The zero-order chi connectivity index (χ0) is 14.9. The molecule has 0 aromatic heterocycles. The molecular weight excluding hydrogens is 284 g/mol. The molecule has 3 nitrogen and oxygen atoms in total. The van der Waals surface area contributed by atoms with Crippen molar-refractivity contribution in [1.82, 2.24) is 0 Å². The van der Waals surface area contributed by atoms with Crippen molar-refractivity contribution in [3.63, 3.8) is 0 Å². The van der Waals surface area contributed by atoms with E-state index in [0.29, 0.717) is 0 Å². The summed E-state index contributed by atoms with van der Waals surface area (Å²) in [5.41, 5.74) is 1.57. The minimum atomic E-state index is -3.23. The summed E-state index contributed by atoms with van der Waals surface area (Å²) in [6.45, 7) is 0. The quantitative estimate of drug-likeness (QED) is 0.856. The van der Waals surface area contributed by atoms with Gasteiger partial charge in [0.05, 0.1) is 23.3 Å². The highest BCUT2D eigenvalue weighted by Crippen LogP contribution is 2.33. The molecule has 1 saturated heterocycles. The van der Waals surface area contributed by atoms with Crippen LogP contribution in [0.3, 0.4) is 0 Å². The Balaban J connectivity index is 2.02. The number of ketones is 1. The lowest BCUT2D eigenvalue weighted by atomic mass is 9.85. The monoisotopic (exact) mass is 300 g/mol. The van der Waals surface area contributed by atoms with Crippen molar-refractivity contribution >= 4 is 15.6 Å². The summed E-state index contributed by atoms with van der Waals surface area (Å²) in [4.78, 5) is 12.7. The molecule has 1 aliphatic heterocycles. The summed E-state index contributed by atoms with van der Waals surface area (Å²) in [7, 11) is -3.23. The molecule has 0 spiro atoms. The van der Waals surface area contributed by atoms with Crippen LogP contribution < -0.4 is 0 Å². The van der Waals surface area contributed by atoms with E-state index >= 15 is 0 Å². The molecule has 0 radical (unpaired) electrons. The van der Waals surface area contributed by atoms with Crippen molar-refractivity contribution in [3.05, 3.63) is 71.8 Å². The average Bonchev–Trinajstić information content (AvgIpc) is 2.51. The van der Waals surface area contributed by atoms with Crippen LogP contribution in [0.1, 0.15) is 23.0 Å². The zero-order valence-corrected chi connectivity index (χ0v) is 12.3. The number of hydrogen-bond acceptors (Lipinski definition) is 3. The third-order valence-corrected chi connectivity index (χ3v) is 5.61. The first-order valence-electron chi connectivity index (χ1n) is 6.91. The topological polar surface area (TPSA) is 51.2 Å². The Labute approximate surface area is 124 Å². The fourth-order valence-corrected chi connectivity index (χ4v) is 4.74. The normalized spacial score (nSPS) is 24.7. The van der Waals surface area contributed by atoms with Crippen LogP contribution in [-0.2, 0) is 14.6 Å². The zero-order valence-electron chi connectivity index (χ0n) is 11.5. The van der Waals surface area contributed by atoms with Crippen molar-refractivity contribution in [2.45, 2.75) is 11.8 Å². The van der Waals surface area contributed by atoms with Crippen molar-refractivity contribution in [3.8, 4) is 0 Å². The van der Waals surface area contributed by atoms with E-state index in [1.165, 1.54) is 0 Å². The van der Waals surface area contributed by atoms with E-state index in [0.717, 1.165) is 11.1 Å². The maximum absolute atomic E-state index is 12.7. The summed E-state index contributed by atoms with van der Waals surface area (Å²) in [5.74, 6) is -1.29. The molecule has 0 unspecified atom stereocenters. The highest BCUT2D eigenvalue weighted by atomic mass is 32.2. The molecule has 3 rings (SSSR count). The molecule has 2 atom stereocenters. The fraction of sp³-hybridized carbons (Fsp3) is 0.235. The molecule has 2 aromatic carbocycles. The van der Waals surface area contributed by atoms with Crippen molar-refractivity contribution in [2.24, 2.45) is 0 Å². The molecule has 0 amide bonds. The number of Topliss-reactive ketones (excluding diaryl/α,β-unsaturated/α-hetero) is 1. The van der Waals surface area contributed by atoms with Gasteiger partial charge in [-0.1, -0.05) is 60.7 Å². The van der Waals surface area contributed by atoms with Crippen molar-refractivity contribution in [2.75, 3.05) is 11.5 Å². The van der Waals surface area contributed by atoms with E-state index in [9.17, 15) is 13.2 Å². The van der Waals surface area contributed by atoms with Crippen LogP contribution in [0, 0.1) is 0 Å². The van der Waals surface area contributed by atoms with E-state index in [-0.39, 0.29) is 17.3 Å². The van der Waals surface area contributed by atoms with Crippen LogP contribution in [0.4, 0.5) is 0 Å². The van der Waals surface area contributed by atoms with Gasteiger partial charge in [-0.2, -0.15) is 0 Å². The molecular formula is C17H16O3S. The third kappa shape index (κ3) is 2.90. The second-order valence-electron chi connectivity index (χ2n) is 5.41. The van der Waals surface area contributed by atoms with Crippen molar-refractivity contribution in [1.29, 1.82) is 0 Å². The molecule has 4 heteroatoms. The SMILES string of the molecule is O=C1[C@H](c2ccccc2)CS(=O)(=O)C[C@@H]1c1ccccc1. The lowest BCUT2D eigenvalue weighted by molar-refractivity contribution is -0.121. The second-order valence-corrected chi connectivity index (χ2v) is 7.56. The summed E-state index contributed by atoms with van der Waals surface area (Å²) >= 11 is 0. The lowest BCUT2D eigenvalue weighted by Gasteiger charge is -2.28. The Morgan fingerprint density at radius 2 is 1.10 bits per heavy atom. The van der Waals surface area contributed by atoms with Crippen LogP contribution in [0.5, 0.6) is 0 Å². The third-order valence-electron chi connectivity index (χ3n) is 3.93. The van der Waals surface area contributed by atoms with Crippen LogP contribution in [0.15, 0.2) is 60.7 Å². The summed E-state index contributed by atoms with van der Waals surface area (Å²) in [6, 6.07) is 18.4. The first kappa shape index (κ1) is 14.0. The molecule has 21 heavy (non-hydrogen) atoms. The maximum Gasteiger partial charge on any atom is 0.152 e. The smallest absolute Gasteiger partial charge is 0.152 e. The highest BCUT2D eigenvalue weighted by molar-refractivity contribution is 7.91. The fourth-order valence-electron chi connectivity index (χ4n) is 2.87. The van der Waals surface area contributed by atoms with Gasteiger partial charge < -0.3 is 0 Å². The molecule has 1 heterocycles. The second kappa shape index (κ2) is 5.45. The standard InChI is InChI=1S/C17H16O3S/c18-17-15(13-7-3-1-4-8-13)11-21(19,20)12-16(17)14-9-5-2-6-10-14/h1-10,15-16H,11-12H2/t15-,16+. The van der Waals surface area contributed by atoms with Gasteiger partial charge >= 0.3 is 0 Å². The molecule has 0 aliphatic carbocycles. The molecule has 2 aromatic rings. The van der Waals surface area contributed by atoms with Crippen molar-refractivity contribution < 1.29 is 13.2 Å². The van der Waals surface area contributed by atoms with Crippen LogP contribution in [0.25, 0.3) is 0 Å². The Kier molecular flexibility index (Phi) is 3.64. The number of carbonyl (C=O) groups is 1. The minimum Gasteiger partial charge on any atom is -0.298 e. The Morgan fingerprint density at radius 1 is 0.714 bits per heavy atom. The molecule has 1 fully saturated rings. The number of benzene rings is 2. The largest absolute Gasteiger partial charge is 0.298 e. The van der Waals surface area contributed by atoms with E-state index in [1.807, 2.05) is 60.7 Å². The predicted molar refractivity (Wildman–Crippen MR) is 82.0 cm³/mol. The average molecular weight is 300 g/mol.